The number of ether oxygens (including phenoxy) is 2. The minimum Gasteiger partial charge on any atom is -0.423 e. The molecular weight excluding hydrogens is 420 g/mol. The summed E-state index contributed by atoms with van der Waals surface area (Å²) < 4.78 is 12.7. The number of rotatable bonds is 4. The topological polar surface area (TPSA) is 35.5 Å². The van der Waals surface area contributed by atoms with Crippen molar-refractivity contribution in [2.75, 3.05) is 0 Å². The largest absolute Gasteiger partial charge is 0.510 e. The monoisotopic (exact) mass is 450 g/mol. The Morgan fingerprint density at radius 2 is 0.912 bits per heavy atom. The SMILES string of the molecule is O=C(OC1(c2cccc3ccccc23)CCCC1)OC1(c2cccc3ccccc23)CCCC1. The molecule has 0 spiro atoms. The summed E-state index contributed by atoms with van der Waals surface area (Å²) in [7, 11) is 0. The Balaban J connectivity index is 1.36. The van der Waals surface area contributed by atoms with E-state index in [0.717, 1.165) is 73.3 Å². The second kappa shape index (κ2) is 8.47. The number of benzene rings is 4. The van der Waals surface area contributed by atoms with Gasteiger partial charge in [-0.25, -0.2) is 4.79 Å². The fourth-order valence-corrected chi connectivity index (χ4v) is 6.33. The molecule has 172 valence electrons. The van der Waals surface area contributed by atoms with Gasteiger partial charge in [0.05, 0.1) is 0 Å². The van der Waals surface area contributed by atoms with Crippen molar-refractivity contribution in [1.82, 2.24) is 0 Å². The smallest absolute Gasteiger partial charge is 0.423 e. The van der Waals surface area contributed by atoms with Crippen LogP contribution in [0.1, 0.15) is 62.5 Å². The maximum Gasteiger partial charge on any atom is 0.510 e. The zero-order valence-corrected chi connectivity index (χ0v) is 19.5. The lowest BCUT2D eigenvalue weighted by Gasteiger charge is -2.34. The van der Waals surface area contributed by atoms with Crippen LogP contribution in [0.4, 0.5) is 4.79 Å². The number of carbonyl (C=O) groups is 1. The van der Waals surface area contributed by atoms with Gasteiger partial charge >= 0.3 is 6.16 Å². The lowest BCUT2D eigenvalue weighted by atomic mass is 9.87. The van der Waals surface area contributed by atoms with Crippen molar-refractivity contribution in [3.05, 3.63) is 96.1 Å². The molecule has 0 bridgehead atoms. The standard InChI is InChI=1S/C31H30O3/c32-29(33-30(19-5-6-20-30)27-17-9-13-23-11-1-3-15-25(23)27)34-31(21-7-8-22-31)28-18-10-14-24-12-2-4-16-26(24)28/h1-4,9-18H,5-8,19-22H2. The van der Waals surface area contributed by atoms with Crippen LogP contribution in [0.5, 0.6) is 0 Å². The molecule has 0 unspecified atom stereocenters. The van der Waals surface area contributed by atoms with E-state index in [2.05, 4.69) is 84.9 Å². The molecule has 0 saturated heterocycles. The predicted octanol–water partition coefficient (Wildman–Crippen LogP) is 8.39. The summed E-state index contributed by atoms with van der Waals surface area (Å²) in [4.78, 5) is 13.5. The summed E-state index contributed by atoms with van der Waals surface area (Å²) in [6.07, 6.45) is 6.97. The molecule has 0 radical (unpaired) electrons. The molecule has 2 aliphatic carbocycles. The Morgan fingerprint density at radius 1 is 0.529 bits per heavy atom. The molecule has 3 nitrogen and oxygen atoms in total. The minimum absolute atomic E-state index is 0.537. The third kappa shape index (κ3) is 3.55. The third-order valence-corrected chi connectivity index (χ3v) is 7.94. The van der Waals surface area contributed by atoms with Gasteiger partial charge in [-0.15, -0.1) is 0 Å². The first-order valence-corrected chi connectivity index (χ1v) is 12.6. The average Bonchev–Trinajstić information content (AvgIpc) is 3.54. The molecule has 34 heavy (non-hydrogen) atoms. The number of hydrogen-bond donors (Lipinski definition) is 0. The van der Waals surface area contributed by atoms with Crippen LogP contribution >= 0.6 is 0 Å². The van der Waals surface area contributed by atoms with Crippen LogP contribution in [0.15, 0.2) is 84.9 Å². The predicted molar refractivity (Wildman–Crippen MR) is 136 cm³/mol. The fraction of sp³-hybridized carbons (Fsp3) is 0.323. The molecule has 6 rings (SSSR count). The fourth-order valence-electron chi connectivity index (χ4n) is 6.33. The van der Waals surface area contributed by atoms with Crippen LogP contribution in [-0.2, 0) is 20.7 Å². The first-order chi connectivity index (χ1) is 16.7. The van der Waals surface area contributed by atoms with Gasteiger partial charge in [0.1, 0.15) is 11.2 Å². The van der Waals surface area contributed by atoms with E-state index >= 15 is 0 Å². The van der Waals surface area contributed by atoms with E-state index in [9.17, 15) is 4.79 Å². The van der Waals surface area contributed by atoms with Crippen molar-refractivity contribution < 1.29 is 14.3 Å². The summed E-state index contributed by atoms with van der Waals surface area (Å²) in [5.41, 5.74) is 0.948. The number of fused-ring (bicyclic) bond motifs is 2. The Kier molecular flexibility index (Phi) is 5.28. The molecular formula is C31H30O3. The van der Waals surface area contributed by atoms with E-state index in [0.29, 0.717) is 0 Å². The van der Waals surface area contributed by atoms with E-state index in [4.69, 9.17) is 9.47 Å². The van der Waals surface area contributed by atoms with Gasteiger partial charge in [0, 0.05) is 11.1 Å². The van der Waals surface area contributed by atoms with Crippen molar-refractivity contribution in [3.63, 3.8) is 0 Å². The van der Waals surface area contributed by atoms with Gasteiger partial charge in [0.2, 0.25) is 0 Å². The molecule has 0 N–H and O–H groups in total. The highest BCUT2D eigenvalue weighted by atomic mass is 16.7. The molecule has 0 aromatic heterocycles. The quantitative estimate of drug-likeness (QED) is 0.293. The van der Waals surface area contributed by atoms with Gasteiger partial charge in [-0.3, -0.25) is 0 Å². The number of hydrogen-bond acceptors (Lipinski definition) is 3. The zero-order valence-electron chi connectivity index (χ0n) is 19.5. The van der Waals surface area contributed by atoms with Gasteiger partial charge in [-0.2, -0.15) is 0 Å². The van der Waals surface area contributed by atoms with Crippen LogP contribution < -0.4 is 0 Å². The molecule has 2 saturated carbocycles. The first kappa shape index (κ1) is 21.2. The summed E-state index contributed by atoms with van der Waals surface area (Å²) >= 11 is 0. The molecule has 0 amide bonds. The second-order valence-corrected chi connectivity index (χ2v) is 9.91. The molecule has 4 aromatic carbocycles. The Morgan fingerprint density at radius 3 is 1.35 bits per heavy atom. The van der Waals surface area contributed by atoms with E-state index in [1.165, 1.54) is 10.8 Å². The van der Waals surface area contributed by atoms with Crippen LogP contribution in [0.2, 0.25) is 0 Å². The minimum atomic E-state index is -0.628. The van der Waals surface area contributed by atoms with Crippen molar-refractivity contribution in [2.45, 2.75) is 62.6 Å². The molecule has 0 aliphatic heterocycles. The molecule has 0 atom stereocenters. The average molecular weight is 451 g/mol. The normalized spacial score (nSPS) is 18.8. The van der Waals surface area contributed by atoms with E-state index in [-0.39, 0.29) is 0 Å². The Hall–Kier alpha value is -3.33. The van der Waals surface area contributed by atoms with Gasteiger partial charge in [-0.05, 0) is 72.9 Å². The van der Waals surface area contributed by atoms with Crippen molar-refractivity contribution in [2.24, 2.45) is 0 Å². The maximum absolute atomic E-state index is 13.5. The van der Waals surface area contributed by atoms with Crippen LogP contribution in [0, 0.1) is 0 Å². The van der Waals surface area contributed by atoms with Crippen LogP contribution in [0.3, 0.4) is 0 Å². The Labute approximate surface area is 200 Å². The maximum atomic E-state index is 13.5. The highest BCUT2D eigenvalue weighted by Gasteiger charge is 2.45. The zero-order chi connectivity index (χ0) is 23.0. The lowest BCUT2D eigenvalue weighted by Crippen LogP contribution is -2.35. The van der Waals surface area contributed by atoms with Gasteiger partial charge in [-0.1, -0.05) is 84.9 Å². The highest BCUT2D eigenvalue weighted by molar-refractivity contribution is 5.88. The first-order valence-electron chi connectivity index (χ1n) is 12.6. The summed E-state index contributed by atoms with van der Waals surface area (Å²) in [6.45, 7) is 0. The van der Waals surface area contributed by atoms with E-state index in [1.807, 2.05) is 0 Å². The van der Waals surface area contributed by atoms with E-state index < -0.39 is 17.4 Å². The molecule has 3 heteroatoms. The van der Waals surface area contributed by atoms with Gasteiger partial charge in [0.15, 0.2) is 0 Å². The van der Waals surface area contributed by atoms with Crippen molar-refractivity contribution in [3.8, 4) is 0 Å². The molecule has 0 heterocycles. The molecule has 2 fully saturated rings. The Bertz CT molecular complexity index is 1230. The number of carbonyl (C=O) groups excluding carboxylic acids is 1. The molecule has 4 aromatic rings. The van der Waals surface area contributed by atoms with Crippen LogP contribution in [-0.4, -0.2) is 6.16 Å². The van der Waals surface area contributed by atoms with Crippen LogP contribution in [0.25, 0.3) is 21.5 Å². The van der Waals surface area contributed by atoms with E-state index in [1.54, 1.807) is 0 Å². The highest BCUT2D eigenvalue weighted by Crippen LogP contribution is 2.48. The second-order valence-electron chi connectivity index (χ2n) is 9.91. The molecule has 2 aliphatic rings. The van der Waals surface area contributed by atoms with Gasteiger partial charge < -0.3 is 9.47 Å². The third-order valence-electron chi connectivity index (χ3n) is 7.94. The summed E-state index contributed by atoms with van der Waals surface area (Å²) in [6, 6.07) is 29.3. The summed E-state index contributed by atoms with van der Waals surface area (Å²) in [5, 5.41) is 4.66. The summed E-state index contributed by atoms with van der Waals surface area (Å²) in [5.74, 6) is 0. The van der Waals surface area contributed by atoms with Gasteiger partial charge in [0.25, 0.3) is 0 Å². The van der Waals surface area contributed by atoms with Crippen molar-refractivity contribution >= 4 is 27.7 Å². The lowest BCUT2D eigenvalue weighted by molar-refractivity contribution is -0.0827. The van der Waals surface area contributed by atoms with Crippen molar-refractivity contribution in [1.29, 1.82) is 0 Å².